The lowest BCUT2D eigenvalue weighted by molar-refractivity contribution is 0.392. The fraction of sp³-hybridized carbons (Fsp3) is 0.200. The van der Waals surface area contributed by atoms with Crippen LogP contribution in [0.15, 0.2) is 52.0 Å². The van der Waals surface area contributed by atoms with E-state index < -0.39 is 0 Å². The Morgan fingerprint density at radius 1 is 1.21 bits per heavy atom. The quantitative estimate of drug-likeness (QED) is 0.543. The van der Waals surface area contributed by atoms with Gasteiger partial charge in [0.15, 0.2) is 0 Å². The molecule has 0 aliphatic rings. The molecule has 1 aromatic carbocycles. The third kappa shape index (κ3) is 3.29. The van der Waals surface area contributed by atoms with Crippen molar-refractivity contribution in [1.29, 1.82) is 0 Å². The van der Waals surface area contributed by atoms with E-state index in [0.717, 1.165) is 5.56 Å². The predicted octanol–water partition coefficient (Wildman–Crippen LogP) is 2.92. The van der Waals surface area contributed by atoms with E-state index >= 15 is 0 Å². The Labute approximate surface area is 160 Å². The molecule has 4 rings (SSSR count). The van der Waals surface area contributed by atoms with Crippen molar-refractivity contribution in [2.45, 2.75) is 13.5 Å². The first kappa shape index (κ1) is 18.0. The summed E-state index contributed by atoms with van der Waals surface area (Å²) >= 11 is 0. The Kier molecular flexibility index (Phi) is 4.48. The van der Waals surface area contributed by atoms with Crippen LogP contribution in [-0.2, 0) is 6.54 Å². The van der Waals surface area contributed by atoms with E-state index in [4.69, 9.17) is 4.52 Å². The van der Waals surface area contributed by atoms with Gasteiger partial charge in [0.25, 0.3) is 11.4 Å². The van der Waals surface area contributed by atoms with Crippen molar-refractivity contribution in [2.75, 3.05) is 14.1 Å². The van der Waals surface area contributed by atoms with Crippen molar-refractivity contribution in [3.05, 3.63) is 70.0 Å². The maximum atomic E-state index is 14.0. The number of aryl methyl sites for hydroxylation is 1. The van der Waals surface area contributed by atoms with Crippen molar-refractivity contribution >= 4 is 5.65 Å². The highest BCUT2D eigenvalue weighted by Crippen LogP contribution is 2.23. The van der Waals surface area contributed by atoms with Crippen LogP contribution in [0.5, 0.6) is 0 Å². The van der Waals surface area contributed by atoms with E-state index in [1.807, 2.05) is 38.1 Å². The molecular weight excluding hydrogens is 361 g/mol. The lowest BCUT2D eigenvalue weighted by Gasteiger charge is -2.11. The SMILES string of the molecule is Cc1ccn2c(=O)c(-c3nc(-c4ccc(F)c(CN(C)C)c4)no3)cnc2c1. The second-order valence-electron chi connectivity index (χ2n) is 6.88. The van der Waals surface area contributed by atoms with Gasteiger partial charge < -0.3 is 9.42 Å². The molecule has 0 saturated heterocycles. The molecule has 0 N–H and O–H groups in total. The van der Waals surface area contributed by atoms with Crippen molar-refractivity contribution in [3.63, 3.8) is 0 Å². The Hall–Kier alpha value is -3.39. The molecule has 4 aromatic rings. The van der Waals surface area contributed by atoms with Gasteiger partial charge in [-0.1, -0.05) is 5.16 Å². The summed E-state index contributed by atoms with van der Waals surface area (Å²) in [5.41, 5.74) is 2.59. The Balaban J connectivity index is 1.74. The first-order chi connectivity index (χ1) is 13.4. The molecule has 0 aliphatic heterocycles. The summed E-state index contributed by atoms with van der Waals surface area (Å²) in [4.78, 5) is 23.2. The van der Waals surface area contributed by atoms with Crippen LogP contribution in [0, 0.1) is 12.7 Å². The zero-order valence-electron chi connectivity index (χ0n) is 15.7. The van der Waals surface area contributed by atoms with Crippen LogP contribution in [-0.4, -0.2) is 38.5 Å². The molecule has 3 aromatic heterocycles. The van der Waals surface area contributed by atoms with E-state index in [1.165, 1.54) is 16.7 Å². The second-order valence-corrected chi connectivity index (χ2v) is 6.88. The van der Waals surface area contributed by atoms with Gasteiger partial charge >= 0.3 is 0 Å². The minimum Gasteiger partial charge on any atom is -0.333 e. The Bertz CT molecular complexity index is 1230. The number of benzene rings is 1. The fourth-order valence-corrected chi connectivity index (χ4v) is 2.95. The zero-order chi connectivity index (χ0) is 19.8. The molecule has 3 heterocycles. The lowest BCUT2D eigenvalue weighted by Crippen LogP contribution is -2.16. The number of aromatic nitrogens is 4. The summed E-state index contributed by atoms with van der Waals surface area (Å²) in [5.74, 6) is 0.0535. The van der Waals surface area contributed by atoms with Crippen LogP contribution in [0.4, 0.5) is 4.39 Å². The molecular formula is C20H18FN5O2. The summed E-state index contributed by atoms with van der Waals surface area (Å²) in [6.07, 6.45) is 3.09. The second kappa shape index (κ2) is 6.97. The number of halogens is 1. The zero-order valence-corrected chi connectivity index (χ0v) is 15.7. The summed E-state index contributed by atoms with van der Waals surface area (Å²) in [7, 11) is 3.72. The molecule has 28 heavy (non-hydrogen) atoms. The molecule has 7 nitrogen and oxygen atoms in total. The minimum atomic E-state index is -0.299. The summed E-state index contributed by atoms with van der Waals surface area (Å²) < 4.78 is 20.7. The highest BCUT2D eigenvalue weighted by molar-refractivity contribution is 5.60. The number of nitrogens with zero attached hydrogens (tertiary/aromatic N) is 5. The van der Waals surface area contributed by atoms with Gasteiger partial charge in [-0.3, -0.25) is 9.20 Å². The molecule has 142 valence electrons. The maximum Gasteiger partial charge on any atom is 0.270 e. The number of hydrogen-bond acceptors (Lipinski definition) is 6. The molecule has 0 fully saturated rings. The standard InChI is InChI=1S/C20H18FN5O2/c1-12-6-7-26-17(8-12)22-10-15(20(26)27)19-23-18(24-28-19)13-4-5-16(21)14(9-13)11-25(2)3/h4-10H,11H2,1-3H3. The molecule has 8 heteroatoms. The van der Waals surface area contributed by atoms with Crippen LogP contribution in [0.2, 0.25) is 0 Å². The molecule has 0 atom stereocenters. The third-order valence-corrected chi connectivity index (χ3v) is 4.31. The maximum absolute atomic E-state index is 14.0. The number of hydrogen-bond donors (Lipinski definition) is 0. The highest BCUT2D eigenvalue weighted by Gasteiger charge is 2.17. The normalized spacial score (nSPS) is 11.5. The Morgan fingerprint density at radius 2 is 2.04 bits per heavy atom. The molecule has 0 spiro atoms. The smallest absolute Gasteiger partial charge is 0.270 e. The van der Waals surface area contributed by atoms with E-state index in [2.05, 4.69) is 15.1 Å². The van der Waals surface area contributed by atoms with Crippen molar-refractivity contribution in [2.24, 2.45) is 0 Å². The average Bonchev–Trinajstić information content (AvgIpc) is 3.13. The van der Waals surface area contributed by atoms with E-state index in [1.54, 1.807) is 18.3 Å². The first-order valence-corrected chi connectivity index (χ1v) is 8.68. The van der Waals surface area contributed by atoms with Crippen molar-refractivity contribution in [3.8, 4) is 22.8 Å². The van der Waals surface area contributed by atoms with Crippen LogP contribution in [0.3, 0.4) is 0 Å². The topological polar surface area (TPSA) is 76.5 Å². The van der Waals surface area contributed by atoms with Crippen LogP contribution < -0.4 is 5.56 Å². The van der Waals surface area contributed by atoms with Gasteiger partial charge in [-0.15, -0.1) is 0 Å². The largest absolute Gasteiger partial charge is 0.333 e. The van der Waals surface area contributed by atoms with Crippen LogP contribution in [0.25, 0.3) is 28.5 Å². The predicted molar refractivity (Wildman–Crippen MR) is 102 cm³/mol. The summed E-state index contributed by atoms with van der Waals surface area (Å²) in [6, 6.07) is 8.27. The van der Waals surface area contributed by atoms with Gasteiger partial charge in [0.05, 0.1) is 0 Å². The molecule has 0 bridgehead atoms. The molecule has 0 aliphatic carbocycles. The number of fused-ring (bicyclic) bond motifs is 1. The number of pyridine rings is 1. The fourth-order valence-electron chi connectivity index (χ4n) is 2.95. The molecule has 0 unspecified atom stereocenters. The van der Waals surface area contributed by atoms with Crippen molar-refractivity contribution in [1.82, 2.24) is 24.4 Å². The monoisotopic (exact) mass is 379 g/mol. The summed E-state index contributed by atoms with van der Waals surface area (Å²) in [6.45, 7) is 2.37. The Morgan fingerprint density at radius 3 is 2.82 bits per heavy atom. The van der Waals surface area contributed by atoms with E-state index in [-0.39, 0.29) is 28.7 Å². The van der Waals surface area contributed by atoms with Gasteiger partial charge in [0, 0.05) is 30.1 Å². The highest BCUT2D eigenvalue weighted by atomic mass is 19.1. The van der Waals surface area contributed by atoms with Gasteiger partial charge in [-0.2, -0.15) is 4.98 Å². The van der Waals surface area contributed by atoms with Crippen molar-refractivity contribution < 1.29 is 8.91 Å². The van der Waals surface area contributed by atoms with Gasteiger partial charge in [-0.25, -0.2) is 9.37 Å². The molecule has 0 saturated carbocycles. The van der Waals surface area contributed by atoms with E-state index in [9.17, 15) is 9.18 Å². The first-order valence-electron chi connectivity index (χ1n) is 8.68. The average molecular weight is 379 g/mol. The lowest BCUT2D eigenvalue weighted by atomic mass is 10.1. The van der Waals surface area contributed by atoms with Crippen LogP contribution in [0.1, 0.15) is 11.1 Å². The minimum absolute atomic E-state index is 0.0703. The van der Waals surface area contributed by atoms with Gasteiger partial charge in [0.1, 0.15) is 17.0 Å². The van der Waals surface area contributed by atoms with Gasteiger partial charge in [0.2, 0.25) is 5.82 Å². The van der Waals surface area contributed by atoms with Gasteiger partial charge in [-0.05, 0) is 56.9 Å². The summed E-state index contributed by atoms with van der Waals surface area (Å²) in [5, 5.41) is 3.95. The third-order valence-electron chi connectivity index (χ3n) is 4.31. The molecule has 0 amide bonds. The number of rotatable bonds is 4. The van der Waals surface area contributed by atoms with E-state index in [0.29, 0.717) is 23.3 Å². The van der Waals surface area contributed by atoms with Crippen LogP contribution >= 0.6 is 0 Å². The molecule has 0 radical (unpaired) electrons.